The first-order valence-electron chi connectivity index (χ1n) is 8.61. The highest BCUT2D eigenvalue weighted by atomic mass is 16.5. The highest BCUT2D eigenvalue weighted by Crippen LogP contribution is 2.15. The molecule has 1 aromatic heterocycles. The average Bonchev–Trinajstić information content (AvgIpc) is 2.99. The second-order valence-electron chi connectivity index (χ2n) is 7.03. The van der Waals surface area contributed by atoms with Gasteiger partial charge in [0.25, 0.3) is 0 Å². The van der Waals surface area contributed by atoms with E-state index in [1.54, 1.807) is 6.26 Å². The summed E-state index contributed by atoms with van der Waals surface area (Å²) in [5.41, 5.74) is 0. The standard InChI is InChI=1S/C18H30N2O3/c1-14(2)11-20(12-16-6-5-8-22-16)18(21)10-17-13-19(15(3)4)7-9-23-17/h5-6,8,14-15,17H,7,9-13H2,1-4H3. The van der Waals surface area contributed by atoms with Crippen LogP contribution in [-0.4, -0.2) is 54.1 Å². The van der Waals surface area contributed by atoms with E-state index in [2.05, 4.69) is 32.6 Å². The van der Waals surface area contributed by atoms with Crippen LogP contribution in [-0.2, 0) is 16.1 Å². The zero-order valence-electron chi connectivity index (χ0n) is 14.8. The molecular weight excluding hydrogens is 292 g/mol. The lowest BCUT2D eigenvalue weighted by Gasteiger charge is -2.36. The molecule has 2 rings (SSSR count). The van der Waals surface area contributed by atoms with Crippen LogP contribution in [0.3, 0.4) is 0 Å². The Hall–Kier alpha value is -1.33. The molecule has 1 aliphatic rings. The Balaban J connectivity index is 1.93. The van der Waals surface area contributed by atoms with Gasteiger partial charge in [-0.1, -0.05) is 13.8 Å². The fourth-order valence-corrected chi connectivity index (χ4v) is 2.94. The number of furan rings is 1. The Morgan fingerprint density at radius 2 is 2.17 bits per heavy atom. The van der Waals surface area contributed by atoms with Gasteiger partial charge >= 0.3 is 0 Å². The van der Waals surface area contributed by atoms with Crippen LogP contribution in [0.4, 0.5) is 0 Å². The minimum Gasteiger partial charge on any atom is -0.467 e. The molecule has 1 aliphatic heterocycles. The lowest BCUT2D eigenvalue weighted by Crippen LogP contribution is -2.47. The van der Waals surface area contributed by atoms with Crippen molar-refractivity contribution in [3.8, 4) is 0 Å². The lowest BCUT2D eigenvalue weighted by molar-refractivity contribution is -0.138. The van der Waals surface area contributed by atoms with Crippen molar-refractivity contribution in [3.63, 3.8) is 0 Å². The van der Waals surface area contributed by atoms with Crippen molar-refractivity contribution < 1.29 is 13.9 Å². The fraction of sp³-hybridized carbons (Fsp3) is 0.722. The van der Waals surface area contributed by atoms with Gasteiger partial charge in [-0.2, -0.15) is 0 Å². The largest absolute Gasteiger partial charge is 0.467 e. The Morgan fingerprint density at radius 3 is 2.78 bits per heavy atom. The van der Waals surface area contributed by atoms with Crippen LogP contribution in [0.1, 0.15) is 39.9 Å². The third kappa shape index (κ3) is 5.66. The maximum Gasteiger partial charge on any atom is 0.225 e. The molecule has 1 saturated heterocycles. The maximum atomic E-state index is 12.7. The Morgan fingerprint density at radius 1 is 1.39 bits per heavy atom. The van der Waals surface area contributed by atoms with Gasteiger partial charge in [0.1, 0.15) is 5.76 Å². The Labute approximate surface area is 139 Å². The second kappa shape index (κ2) is 8.50. The van der Waals surface area contributed by atoms with Crippen LogP contribution < -0.4 is 0 Å². The molecule has 1 atom stereocenters. The molecular formula is C18H30N2O3. The first-order chi connectivity index (χ1) is 11.0. The number of hydrogen-bond donors (Lipinski definition) is 0. The minimum atomic E-state index is -0.00934. The number of carbonyl (C=O) groups excluding carboxylic acids is 1. The van der Waals surface area contributed by atoms with Crippen molar-refractivity contribution in [1.82, 2.24) is 9.80 Å². The van der Waals surface area contributed by atoms with Crippen molar-refractivity contribution >= 4 is 5.91 Å². The summed E-state index contributed by atoms with van der Waals surface area (Å²) in [6.07, 6.45) is 2.08. The van der Waals surface area contributed by atoms with Gasteiger partial charge in [0.2, 0.25) is 5.91 Å². The molecule has 1 aromatic rings. The predicted molar refractivity (Wildman–Crippen MR) is 90.0 cm³/mol. The molecule has 0 saturated carbocycles. The van der Waals surface area contributed by atoms with Crippen molar-refractivity contribution in [1.29, 1.82) is 0 Å². The zero-order valence-corrected chi connectivity index (χ0v) is 14.8. The van der Waals surface area contributed by atoms with Crippen molar-refractivity contribution in [2.45, 2.75) is 52.8 Å². The van der Waals surface area contributed by atoms with Gasteiger partial charge in [-0.3, -0.25) is 9.69 Å². The fourth-order valence-electron chi connectivity index (χ4n) is 2.94. The van der Waals surface area contributed by atoms with Gasteiger partial charge < -0.3 is 14.1 Å². The van der Waals surface area contributed by atoms with Crippen LogP contribution in [0.25, 0.3) is 0 Å². The number of morpholine rings is 1. The molecule has 23 heavy (non-hydrogen) atoms. The predicted octanol–water partition coefficient (Wildman–Crippen LogP) is 2.76. The number of nitrogens with zero attached hydrogens (tertiary/aromatic N) is 2. The molecule has 5 nitrogen and oxygen atoms in total. The summed E-state index contributed by atoms with van der Waals surface area (Å²) in [7, 11) is 0. The van der Waals surface area contributed by atoms with Gasteiger partial charge in [0.15, 0.2) is 0 Å². The summed E-state index contributed by atoms with van der Waals surface area (Å²) in [4.78, 5) is 17.0. The maximum absolute atomic E-state index is 12.7. The molecule has 1 unspecified atom stereocenters. The van der Waals surface area contributed by atoms with Gasteiger partial charge in [-0.15, -0.1) is 0 Å². The summed E-state index contributed by atoms with van der Waals surface area (Å²) in [5.74, 6) is 1.39. The van der Waals surface area contributed by atoms with E-state index in [1.165, 1.54) is 0 Å². The van der Waals surface area contributed by atoms with E-state index in [4.69, 9.17) is 9.15 Å². The second-order valence-corrected chi connectivity index (χ2v) is 7.03. The normalized spacial score (nSPS) is 19.5. The molecule has 1 fully saturated rings. The van der Waals surface area contributed by atoms with Gasteiger partial charge in [0, 0.05) is 25.7 Å². The number of rotatable bonds is 7. The lowest BCUT2D eigenvalue weighted by atomic mass is 10.1. The molecule has 0 bridgehead atoms. The Bertz CT molecular complexity index is 471. The highest BCUT2D eigenvalue weighted by Gasteiger charge is 2.26. The summed E-state index contributed by atoms with van der Waals surface area (Å²) >= 11 is 0. The number of ether oxygens (including phenoxy) is 1. The molecule has 1 amide bonds. The van der Waals surface area contributed by atoms with Crippen LogP contribution >= 0.6 is 0 Å². The minimum absolute atomic E-state index is 0.00934. The molecule has 0 aromatic carbocycles. The van der Waals surface area contributed by atoms with E-state index < -0.39 is 0 Å². The SMILES string of the molecule is CC(C)CN(Cc1ccco1)C(=O)CC1CN(C(C)C)CCO1. The summed E-state index contributed by atoms with van der Waals surface area (Å²) in [6, 6.07) is 4.27. The van der Waals surface area contributed by atoms with E-state index in [0.29, 0.717) is 31.5 Å². The Kier molecular flexibility index (Phi) is 6.66. The van der Waals surface area contributed by atoms with Crippen molar-refractivity contribution in [3.05, 3.63) is 24.2 Å². The van der Waals surface area contributed by atoms with Crippen LogP contribution in [0, 0.1) is 5.92 Å². The molecule has 0 aliphatic carbocycles. The number of carbonyl (C=O) groups is 1. The summed E-state index contributed by atoms with van der Waals surface area (Å²) < 4.78 is 11.2. The van der Waals surface area contributed by atoms with E-state index in [1.807, 2.05) is 17.0 Å². The van der Waals surface area contributed by atoms with Crippen molar-refractivity contribution in [2.75, 3.05) is 26.2 Å². The summed E-state index contributed by atoms with van der Waals surface area (Å²) in [5, 5.41) is 0. The molecule has 5 heteroatoms. The van der Waals surface area contributed by atoms with Crippen LogP contribution in [0.2, 0.25) is 0 Å². The topological polar surface area (TPSA) is 45.9 Å². The molecule has 0 spiro atoms. The highest BCUT2D eigenvalue weighted by molar-refractivity contribution is 5.76. The van der Waals surface area contributed by atoms with Gasteiger partial charge in [-0.25, -0.2) is 0 Å². The molecule has 130 valence electrons. The van der Waals surface area contributed by atoms with Gasteiger partial charge in [0.05, 0.1) is 31.9 Å². The third-order valence-corrected chi connectivity index (χ3v) is 4.17. The van der Waals surface area contributed by atoms with E-state index in [9.17, 15) is 4.79 Å². The number of amides is 1. The monoisotopic (exact) mass is 322 g/mol. The number of hydrogen-bond acceptors (Lipinski definition) is 4. The smallest absolute Gasteiger partial charge is 0.225 e. The zero-order chi connectivity index (χ0) is 16.8. The third-order valence-electron chi connectivity index (χ3n) is 4.17. The van der Waals surface area contributed by atoms with E-state index in [-0.39, 0.29) is 12.0 Å². The molecule has 0 radical (unpaired) electrons. The average molecular weight is 322 g/mol. The van der Waals surface area contributed by atoms with E-state index in [0.717, 1.165) is 25.4 Å². The van der Waals surface area contributed by atoms with Crippen molar-refractivity contribution in [2.24, 2.45) is 5.92 Å². The molecule has 2 heterocycles. The first-order valence-corrected chi connectivity index (χ1v) is 8.61. The van der Waals surface area contributed by atoms with Crippen LogP contribution in [0.5, 0.6) is 0 Å². The first kappa shape index (κ1) is 18.0. The van der Waals surface area contributed by atoms with E-state index >= 15 is 0 Å². The van der Waals surface area contributed by atoms with Crippen LogP contribution in [0.15, 0.2) is 22.8 Å². The summed E-state index contributed by atoms with van der Waals surface area (Å²) in [6.45, 7) is 12.4. The quantitative estimate of drug-likeness (QED) is 0.774. The van der Waals surface area contributed by atoms with Gasteiger partial charge in [-0.05, 0) is 31.9 Å². The molecule has 0 N–H and O–H groups in total.